The lowest BCUT2D eigenvalue weighted by atomic mass is 10.7. The molecule has 0 bridgehead atoms. The van der Waals surface area contributed by atoms with Crippen LogP contribution in [-0.4, -0.2) is 25.8 Å². The first kappa shape index (κ1) is 6.76. The highest BCUT2D eigenvalue weighted by Crippen LogP contribution is 1.74. The molecule has 0 atom stereocenters. The van der Waals surface area contributed by atoms with Crippen LogP contribution in [0.2, 0.25) is 0 Å². The van der Waals surface area contributed by atoms with E-state index in [1.807, 2.05) is 0 Å². The number of alkyl halides is 1. The molecule has 0 aromatic carbocycles. The van der Waals surface area contributed by atoms with Gasteiger partial charge in [0.25, 0.3) is 0 Å². The summed E-state index contributed by atoms with van der Waals surface area (Å²) >= 11 is 5.37. The van der Waals surface area contributed by atoms with E-state index < -0.39 is 0 Å². The average molecular weight is 121 g/mol. The molecule has 7 heavy (non-hydrogen) atoms. The maximum absolute atomic E-state index is 5.37. The third-order valence-corrected chi connectivity index (χ3v) is 0.938. The Hall–Kier alpha value is -0.240. The second kappa shape index (κ2) is 3.93. The molecule has 0 heterocycles. The largest absolute Gasteiger partial charge is 0.376 e. The van der Waals surface area contributed by atoms with E-state index in [0.29, 0.717) is 5.88 Å². The van der Waals surface area contributed by atoms with Gasteiger partial charge in [-0.1, -0.05) is 0 Å². The van der Waals surface area contributed by atoms with E-state index in [-0.39, 0.29) is 0 Å². The lowest BCUT2D eigenvalue weighted by molar-refractivity contribution is 1.14. The van der Waals surface area contributed by atoms with E-state index in [9.17, 15) is 0 Å². The monoisotopic (exact) mass is 120 g/mol. The zero-order valence-corrected chi connectivity index (χ0v) is 5.29. The highest BCUT2D eigenvalue weighted by Gasteiger charge is 1.84. The maximum atomic E-state index is 5.37. The molecule has 1 N–H and O–H groups in total. The van der Waals surface area contributed by atoms with Gasteiger partial charge in [-0.05, 0) is 0 Å². The molecular weight excluding hydrogens is 112 g/mol. The molecule has 2 nitrogen and oxygen atoms in total. The predicted octanol–water partition coefficient (Wildman–Crippen LogP) is 0.473. The van der Waals surface area contributed by atoms with Gasteiger partial charge in [0.2, 0.25) is 0 Å². The molecule has 0 aliphatic heterocycles. The van der Waals surface area contributed by atoms with Crippen molar-refractivity contribution in [2.75, 3.05) is 20.0 Å². The lowest BCUT2D eigenvalue weighted by Gasteiger charge is -1.94. The Morgan fingerprint density at radius 3 is 2.43 bits per heavy atom. The fraction of sp³-hybridized carbons (Fsp3) is 0.750. The Kier molecular flexibility index (Phi) is 3.80. The summed E-state index contributed by atoms with van der Waals surface area (Å²) < 4.78 is 0. The predicted molar refractivity (Wildman–Crippen MR) is 33.1 cm³/mol. The molecule has 42 valence electrons. The third-order valence-electron chi connectivity index (χ3n) is 0.685. The van der Waals surface area contributed by atoms with Gasteiger partial charge < -0.3 is 5.32 Å². The minimum atomic E-state index is 0.465. The van der Waals surface area contributed by atoms with E-state index in [4.69, 9.17) is 11.6 Å². The zero-order chi connectivity index (χ0) is 5.70. The topological polar surface area (TPSA) is 24.4 Å². The maximum Gasteiger partial charge on any atom is 0.111 e. The molecule has 3 heteroatoms. The Morgan fingerprint density at radius 2 is 2.43 bits per heavy atom. The van der Waals surface area contributed by atoms with E-state index in [1.165, 1.54) is 0 Å². The summed E-state index contributed by atoms with van der Waals surface area (Å²) in [7, 11) is 3.50. The van der Waals surface area contributed by atoms with Crippen LogP contribution in [0.25, 0.3) is 0 Å². The van der Waals surface area contributed by atoms with Gasteiger partial charge in [-0.15, -0.1) is 11.6 Å². The summed E-state index contributed by atoms with van der Waals surface area (Å²) in [4.78, 5) is 3.80. The molecule has 0 spiro atoms. The van der Waals surface area contributed by atoms with Crippen molar-refractivity contribution in [2.24, 2.45) is 4.99 Å². The first-order valence-electron chi connectivity index (χ1n) is 2.04. The van der Waals surface area contributed by atoms with Gasteiger partial charge in [0.15, 0.2) is 0 Å². The van der Waals surface area contributed by atoms with Gasteiger partial charge in [0, 0.05) is 14.1 Å². The molecule has 0 radical (unpaired) electrons. The highest BCUT2D eigenvalue weighted by atomic mass is 35.5. The number of aliphatic imine (C=N–C) groups is 1. The second-order valence-corrected chi connectivity index (χ2v) is 1.32. The van der Waals surface area contributed by atoms with Crippen molar-refractivity contribution in [1.29, 1.82) is 0 Å². The minimum Gasteiger partial charge on any atom is -0.376 e. The fourth-order valence-corrected chi connectivity index (χ4v) is 0.492. The molecular formula is C4H9ClN2. The van der Waals surface area contributed by atoms with Crippen molar-refractivity contribution in [3.05, 3.63) is 0 Å². The first-order chi connectivity index (χ1) is 3.35. The van der Waals surface area contributed by atoms with Crippen molar-refractivity contribution < 1.29 is 0 Å². The fourth-order valence-electron chi connectivity index (χ4n) is 0.238. The van der Waals surface area contributed by atoms with Crippen LogP contribution in [0.4, 0.5) is 0 Å². The quantitative estimate of drug-likeness (QED) is 0.304. The van der Waals surface area contributed by atoms with Gasteiger partial charge in [0.05, 0.1) is 5.88 Å². The Bertz CT molecular complexity index is 64.1. The second-order valence-electron chi connectivity index (χ2n) is 1.05. The van der Waals surface area contributed by atoms with Crippen LogP contribution in [0.5, 0.6) is 0 Å². The van der Waals surface area contributed by atoms with Crippen molar-refractivity contribution in [1.82, 2.24) is 5.32 Å². The van der Waals surface area contributed by atoms with Gasteiger partial charge in [-0.25, -0.2) is 0 Å². The smallest absolute Gasteiger partial charge is 0.111 e. The number of hydrogen-bond acceptors (Lipinski definition) is 1. The minimum absolute atomic E-state index is 0.465. The van der Waals surface area contributed by atoms with Crippen LogP contribution in [0.15, 0.2) is 4.99 Å². The van der Waals surface area contributed by atoms with Gasteiger partial charge in [-0.2, -0.15) is 0 Å². The Morgan fingerprint density at radius 1 is 1.86 bits per heavy atom. The number of hydrogen-bond donors (Lipinski definition) is 1. The van der Waals surface area contributed by atoms with Crippen molar-refractivity contribution >= 4 is 17.4 Å². The summed E-state index contributed by atoms with van der Waals surface area (Å²) in [5, 5.41) is 2.82. The number of nitrogens with one attached hydrogen (secondary N) is 1. The summed E-state index contributed by atoms with van der Waals surface area (Å²) in [6.45, 7) is 0. The van der Waals surface area contributed by atoms with E-state index in [2.05, 4.69) is 10.3 Å². The number of amidine groups is 1. The molecule has 0 amide bonds. The number of rotatable bonds is 1. The number of halogens is 1. The summed E-state index contributed by atoms with van der Waals surface area (Å²) in [6.07, 6.45) is 0. The molecule has 0 aliphatic carbocycles. The normalized spacial score (nSPS) is 11.6. The van der Waals surface area contributed by atoms with Crippen LogP contribution in [0, 0.1) is 0 Å². The summed E-state index contributed by atoms with van der Waals surface area (Å²) in [5.74, 6) is 1.29. The van der Waals surface area contributed by atoms with E-state index >= 15 is 0 Å². The van der Waals surface area contributed by atoms with Gasteiger partial charge in [0.1, 0.15) is 5.84 Å². The summed E-state index contributed by atoms with van der Waals surface area (Å²) in [5.41, 5.74) is 0. The van der Waals surface area contributed by atoms with Crippen molar-refractivity contribution in [3.63, 3.8) is 0 Å². The Labute approximate surface area is 48.6 Å². The molecule has 0 aromatic rings. The number of nitrogens with zero attached hydrogens (tertiary/aromatic N) is 1. The van der Waals surface area contributed by atoms with Crippen molar-refractivity contribution in [3.8, 4) is 0 Å². The van der Waals surface area contributed by atoms with Crippen LogP contribution in [-0.2, 0) is 0 Å². The van der Waals surface area contributed by atoms with Gasteiger partial charge in [-0.3, -0.25) is 4.99 Å². The molecule has 0 aliphatic rings. The van der Waals surface area contributed by atoms with Crippen LogP contribution in [0.1, 0.15) is 0 Å². The highest BCUT2D eigenvalue weighted by molar-refractivity contribution is 6.28. The third kappa shape index (κ3) is 2.45. The van der Waals surface area contributed by atoms with E-state index in [1.54, 1.807) is 14.1 Å². The zero-order valence-electron chi connectivity index (χ0n) is 4.53. The first-order valence-corrected chi connectivity index (χ1v) is 2.58. The average Bonchev–Trinajstić information content (AvgIpc) is 1.72. The molecule has 0 fully saturated rings. The molecule has 0 saturated heterocycles. The standard InChI is InChI=1S/C4H9ClN2/c1-6-4(3-5)7-2/h3H2,1-2H3,(H,6,7). The lowest BCUT2D eigenvalue weighted by Crippen LogP contribution is -2.19. The molecule has 0 rings (SSSR count). The van der Waals surface area contributed by atoms with Crippen LogP contribution < -0.4 is 5.32 Å². The van der Waals surface area contributed by atoms with Crippen LogP contribution >= 0.6 is 11.6 Å². The summed E-state index contributed by atoms with van der Waals surface area (Å²) in [6, 6.07) is 0. The van der Waals surface area contributed by atoms with E-state index in [0.717, 1.165) is 5.84 Å². The molecule has 0 saturated carbocycles. The molecule has 0 aromatic heterocycles. The molecule has 0 unspecified atom stereocenters. The van der Waals surface area contributed by atoms with Crippen LogP contribution in [0.3, 0.4) is 0 Å². The van der Waals surface area contributed by atoms with Crippen molar-refractivity contribution in [2.45, 2.75) is 0 Å². The Balaban J connectivity index is 3.38. The van der Waals surface area contributed by atoms with Gasteiger partial charge >= 0.3 is 0 Å². The SMILES string of the molecule is CN=C(CCl)NC.